The fourth-order valence-electron chi connectivity index (χ4n) is 2.95. The molecule has 1 fully saturated rings. The van der Waals surface area contributed by atoms with Crippen molar-refractivity contribution in [3.05, 3.63) is 35.9 Å². The zero-order valence-corrected chi connectivity index (χ0v) is 10.8. The molecule has 1 unspecified atom stereocenters. The molecule has 1 aromatic rings. The lowest BCUT2D eigenvalue weighted by Gasteiger charge is -2.46. The maximum Gasteiger partial charge on any atom is 0.0349 e. The van der Waals surface area contributed by atoms with Crippen LogP contribution in [0.25, 0.3) is 0 Å². The van der Waals surface area contributed by atoms with E-state index in [-0.39, 0.29) is 11.1 Å². The summed E-state index contributed by atoms with van der Waals surface area (Å²) in [6.45, 7) is 2.12. The van der Waals surface area contributed by atoms with Crippen LogP contribution in [0.15, 0.2) is 30.3 Å². The third-order valence-corrected chi connectivity index (χ3v) is 4.30. The number of rotatable bonds is 3. The normalized spacial score (nSPS) is 23.0. The predicted molar refractivity (Wildman–Crippen MR) is 72.7 cm³/mol. The summed E-state index contributed by atoms with van der Waals surface area (Å²) in [6.07, 6.45) is 6.74. The number of hydrogen-bond donors (Lipinski definition) is 2. The largest absolute Gasteiger partial charge is 0.324 e. The van der Waals surface area contributed by atoms with Gasteiger partial charge in [0.15, 0.2) is 0 Å². The fourth-order valence-corrected chi connectivity index (χ4v) is 2.95. The van der Waals surface area contributed by atoms with E-state index in [0.717, 1.165) is 19.3 Å². The lowest BCUT2D eigenvalue weighted by molar-refractivity contribution is 0.172. The van der Waals surface area contributed by atoms with Crippen LogP contribution in [0.1, 0.15) is 44.6 Å². The molecule has 94 valence electrons. The van der Waals surface area contributed by atoms with Gasteiger partial charge >= 0.3 is 0 Å². The summed E-state index contributed by atoms with van der Waals surface area (Å²) in [5.74, 6) is 0. The second-order valence-corrected chi connectivity index (χ2v) is 5.80. The van der Waals surface area contributed by atoms with Crippen LogP contribution in [0.5, 0.6) is 0 Å². The zero-order valence-electron chi connectivity index (χ0n) is 10.8. The van der Waals surface area contributed by atoms with E-state index in [2.05, 4.69) is 31.2 Å². The van der Waals surface area contributed by atoms with E-state index in [9.17, 15) is 0 Å². The van der Waals surface area contributed by atoms with Crippen molar-refractivity contribution in [1.82, 2.24) is 0 Å². The molecule has 2 nitrogen and oxygen atoms in total. The summed E-state index contributed by atoms with van der Waals surface area (Å²) in [5.41, 5.74) is 13.9. The van der Waals surface area contributed by atoms with Crippen LogP contribution in [0.2, 0.25) is 0 Å². The molecule has 1 aromatic carbocycles. The van der Waals surface area contributed by atoms with E-state index < -0.39 is 0 Å². The van der Waals surface area contributed by atoms with Gasteiger partial charge in [0.1, 0.15) is 0 Å². The highest BCUT2D eigenvalue weighted by atomic mass is 14.9. The molecule has 1 aliphatic carbocycles. The first-order valence-electron chi connectivity index (χ1n) is 6.65. The Morgan fingerprint density at radius 2 is 1.71 bits per heavy atom. The molecule has 0 amide bonds. The lowest BCUT2D eigenvalue weighted by atomic mass is 9.67. The average Bonchev–Trinajstić information content (AvgIpc) is 2.30. The van der Waals surface area contributed by atoms with Crippen LogP contribution in [-0.2, 0) is 6.42 Å². The van der Waals surface area contributed by atoms with Gasteiger partial charge in [-0.1, -0.05) is 49.6 Å². The molecule has 0 heterocycles. The van der Waals surface area contributed by atoms with Gasteiger partial charge in [0.2, 0.25) is 0 Å². The molecule has 0 bridgehead atoms. The molecule has 0 radical (unpaired) electrons. The van der Waals surface area contributed by atoms with Crippen LogP contribution < -0.4 is 11.5 Å². The Balaban J connectivity index is 2.12. The molecule has 4 N–H and O–H groups in total. The molecule has 2 heteroatoms. The Hall–Kier alpha value is -0.860. The molecule has 17 heavy (non-hydrogen) atoms. The minimum absolute atomic E-state index is 0.193. The van der Waals surface area contributed by atoms with Gasteiger partial charge in [-0.25, -0.2) is 0 Å². The number of benzene rings is 1. The minimum atomic E-state index is -0.311. The highest BCUT2D eigenvalue weighted by molar-refractivity contribution is 5.20. The molecule has 2 rings (SSSR count). The Kier molecular flexibility index (Phi) is 3.55. The smallest absolute Gasteiger partial charge is 0.0349 e. The van der Waals surface area contributed by atoms with Crippen LogP contribution in [0.4, 0.5) is 0 Å². The molecular formula is C15H24N2. The number of nitrogens with two attached hydrogens (primary N) is 2. The summed E-state index contributed by atoms with van der Waals surface area (Å²) in [6, 6.07) is 10.4. The van der Waals surface area contributed by atoms with Crippen LogP contribution in [0, 0.1) is 0 Å². The summed E-state index contributed by atoms with van der Waals surface area (Å²) < 4.78 is 0. The minimum Gasteiger partial charge on any atom is -0.324 e. The van der Waals surface area contributed by atoms with E-state index >= 15 is 0 Å². The van der Waals surface area contributed by atoms with Gasteiger partial charge in [-0.3, -0.25) is 0 Å². The monoisotopic (exact) mass is 232 g/mol. The standard InChI is InChI=1S/C15H24N2/c1-14(16,12-13-8-4-2-5-9-13)15(17)10-6-3-7-11-15/h2,4-5,8-9H,3,6-7,10-12,16-17H2,1H3. The lowest BCUT2D eigenvalue weighted by Crippen LogP contribution is -2.66. The van der Waals surface area contributed by atoms with Gasteiger partial charge in [-0.2, -0.15) is 0 Å². The molecule has 1 saturated carbocycles. The van der Waals surface area contributed by atoms with Crippen molar-refractivity contribution >= 4 is 0 Å². The molecule has 0 saturated heterocycles. The Morgan fingerprint density at radius 3 is 2.29 bits per heavy atom. The Bertz CT molecular complexity index is 350. The summed E-state index contributed by atoms with van der Waals surface area (Å²) in [4.78, 5) is 0. The molecule has 0 aliphatic heterocycles. The predicted octanol–water partition coefficient (Wildman–Crippen LogP) is 2.61. The van der Waals surface area contributed by atoms with Gasteiger partial charge in [0, 0.05) is 11.1 Å². The van der Waals surface area contributed by atoms with Gasteiger partial charge in [-0.05, 0) is 31.7 Å². The van der Waals surface area contributed by atoms with Crippen molar-refractivity contribution in [1.29, 1.82) is 0 Å². The summed E-state index contributed by atoms with van der Waals surface area (Å²) in [7, 11) is 0. The van der Waals surface area contributed by atoms with Crippen LogP contribution in [0.3, 0.4) is 0 Å². The highest BCUT2D eigenvalue weighted by Gasteiger charge is 2.42. The maximum absolute atomic E-state index is 6.56. The SMILES string of the molecule is CC(N)(Cc1ccccc1)C1(N)CCCCC1. The second-order valence-electron chi connectivity index (χ2n) is 5.80. The third-order valence-electron chi connectivity index (χ3n) is 4.30. The molecule has 0 aromatic heterocycles. The Labute approximate surface area is 104 Å². The maximum atomic E-state index is 6.56. The Morgan fingerprint density at radius 1 is 1.12 bits per heavy atom. The van der Waals surface area contributed by atoms with Crippen molar-refractivity contribution in [2.45, 2.75) is 56.5 Å². The van der Waals surface area contributed by atoms with Crippen molar-refractivity contribution < 1.29 is 0 Å². The zero-order chi connectivity index (χ0) is 12.4. The fraction of sp³-hybridized carbons (Fsp3) is 0.600. The average molecular weight is 232 g/mol. The van der Waals surface area contributed by atoms with Crippen molar-refractivity contribution in [3.63, 3.8) is 0 Å². The highest BCUT2D eigenvalue weighted by Crippen LogP contribution is 2.35. The van der Waals surface area contributed by atoms with E-state index in [0.29, 0.717) is 0 Å². The van der Waals surface area contributed by atoms with E-state index in [4.69, 9.17) is 11.5 Å². The number of hydrogen-bond acceptors (Lipinski definition) is 2. The topological polar surface area (TPSA) is 52.0 Å². The van der Waals surface area contributed by atoms with Crippen LogP contribution >= 0.6 is 0 Å². The van der Waals surface area contributed by atoms with Crippen LogP contribution in [-0.4, -0.2) is 11.1 Å². The first-order chi connectivity index (χ1) is 8.04. The summed E-state index contributed by atoms with van der Waals surface area (Å²) in [5, 5.41) is 0. The van der Waals surface area contributed by atoms with E-state index in [1.54, 1.807) is 0 Å². The van der Waals surface area contributed by atoms with Gasteiger partial charge < -0.3 is 11.5 Å². The van der Waals surface area contributed by atoms with Gasteiger partial charge in [-0.15, -0.1) is 0 Å². The quantitative estimate of drug-likeness (QED) is 0.841. The van der Waals surface area contributed by atoms with E-state index in [1.807, 2.05) is 6.07 Å². The third kappa shape index (κ3) is 2.70. The summed E-state index contributed by atoms with van der Waals surface area (Å²) >= 11 is 0. The first-order valence-corrected chi connectivity index (χ1v) is 6.65. The molecule has 1 aliphatic rings. The van der Waals surface area contributed by atoms with Gasteiger partial charge in [0.05, 0.1) is 0 Å². The first kappa shape index (κ1) is 12.6. The second kappa shape index (κ2) is 4.79. The van der Waals surface area contributed by atoms with E-state index in [1.165, 1.54) is 24.8 Å². The van der Waals surface area contributed by atoms with Gasteiger partial charge in [0.25, 0.3) is 0 Å². The van der Waals surface area contributed by atoms with Crippen molar-refractivity contribution in [2.75, 3.05) is 0 Å². The van der Waals surface area contributed by atoms with Crippen molar-refractivity contribution in [3.8, 4) is 0 Å². The molecular weight excluding hydrogens is 208 g/mol. The molecule has 1 atom stereocenters. The molecule has 0 spiro atoms. The van der Waals surface area contributed by atoms with Crippen molar-refractivity contribution in [2.24, 2.45) is 11.5 Å².